The number of amides is 1. The maximum atomic E-state index is 12.0. The van der Waals surface area contributed by atoms with Gasteiger partial charge in [-0.25, -0.2) is 15.0 Å². The Morgan fingerprint density at radius 3 is 3.00 bits per heavy atom. The first-order valence-electron chi connectivity index (χ1n) is 7.94. The van der Waals surface area contributed by atoms with E-state index in [1.807, 2.05) is 31.0 Å². The van der Waals surface area contributed by atoms with Gasteiger partial charge in [-0.05, 0) is 20.3 Å². The lowest BCUT2D eigenvalue weighted by Crippen LogP contribution is -2.28. The molecule has 1 aliphatic rings. The standard InChI is InChI=1S/C16H20ClN5OS/c1-10-8-18-16(24-10)21-14-7-13(19-11(2)20-14)12-4-6-22(9-12)15(23)3-5-17/h7-8,12H,3-6,9H2,1-2H3,(H,18,19,20,21). The highest BCUT2D eigenvalue weighted by atomic mass is 35.5. The van der Waals surface area contributed by atoms with E-state index in [1.54, 1.807) is 11.3 Å². The van der Waals surface area contributed by atoms with Gasteiger partial charge in [0.2, 0.25) is 5.91 Å². The molecule has 128 valence electrons. The van der Waals surface area contributed by atoms with Gasteiger partial charge >= 0.3 is 0 Å². The number of likely N-dealkylation sites (tertiary alicyclic amines) is 1. The third kappa shape index (κ3) is 4.02. The Labute approximate surface area is 150 Å². The van der Waals surface area contributed by atoms with Crippen molar-refractivity contribution in [2.45, 2.75) is 32.6 Å². The summed E-state index contributed by atoms with van der Waals surface area (Å²) in [6.45, 7) is 5.36. The number of carbonyl (C=O) groups is 1. The van der Waals surface area contributed by atoms with E-state index in [-0.39, 0.29) is 11.8 Å². The van der Waals surface area contributed by atoms with E-state index in [9.17, 15) is 4.79 Å². The molecule has 1 amide bonds. The van der Waals surface area contributed by atoms with Crippen molar-refractivity contribution in [3.05, 3.63) is 28.7 Å². The minimum atomic E-state index is 0.120. The van der Waals surface area contributed by atoms with Crippen molar-refractivity contribution in [2.75, 3.05) is 24.3 Å². The van der Waals surface area contributed by atoms with Gasteiger partial charge in [0.25, 0.3) is 0 Å². The Bertz CT molecular complexity index is 735. The molecule has 0 bridgehead atoms. The maximum Gasteiger partial charge on any atom is 0.223 e. The summed E-state index contributed by atoms with van der Waals surface area (Å²) in [6.07, 6.45) is 3.15. The third-order valence-corrected chi connectivity index (χ3v) is 5.00. The van der Waals surface area contributed by atoms with Crippen LogP contribution in [0.1, 0.15) is 35.2 Å². The Hall–Kier alpha value is -1.73. The number of alkyl halides is 1. The van der Waals surface area contributed by atoms with Crippen LogP contribution >= 0.6 is 22.9 Å². The van der Waals surface area contributed by atoms with Crippen LogP contribution in [0.15, 0.2) is 12.3 Å². The first-order valence-corrected chi connectivity index (χ1v) is 9.29. The molecular formula is C16H20ClN5OS. The van der Waals surface area contributed by atoms with Crippen molar-refractivity contribution >= 4 is 39.8 Å². The molecule has 3 rings (SSSR count). The van der Waals surface area contributed by atoms with Crippen molar-refractivity contribution in [3.63, 3.8) is 0 Å². The zero-order chi connectivity index (χ0) is 17.1. The Balaban J connectivity index is 1.73. The summed E-state index contributed by atoms with van der Waals surface area (Å²) in [5, 5.41) is 4.06. The zero-order valence-corrected chi connectivity index (χ0v) is 15.3. The molecular weight excluding hydrogens is 346 g/mol. The number of hydrogen-bond acceptors (Lipinski definition) is 6. The molecule has 8 heteroatoms. The van der Waals surface area contributed by atoms with E-state index in [2.05, 4.69) is 20.3 Å². The second kappa shape index (κ2) is 7.44. The second-order valence-electron chi connectivity index (χ2n) is 5.89. The molecule has 24 heavy (non-hydrogen) atoms. The predicted octanol–water partition coefficient (Wildman–Crippen LogP) is 3.24. The van der Waals surface area contributed by atoms with Crippen LogP contribution < -0.4 is 5.32 Å². The molecule has 0 aromatic carbocycles. The molecule has 1 N–H and O–H groups in total. The lowest BCUT2D eigenvalue weighted by Gasteiger charge is -2.16. The lowest BCUT2D eigenvalue weighted by atomic mass is 10.0. The molecule has 6 nitrogen and oxygen atoms in total. The fourth-order valence-corrected chi connectivity index (χ4v) is 3.69. The van der Waals surface area contributed by atoms with Gasteiger partial charge in [-0.2, -0.15) is 0 Å². The second-order valence-corrected chi connectivity index (χ2v) is 7.50. The minimum Gasteiger partial charge on any atom is -0.342 e. The molecule has 1 fully saturated rings. The van der Waals surface area contributed by atoms with E-state index in [0.717, 1.165) is 34.5 Å². The number of halogens is 1. The molecule has 0 radical (unpaired) electrons. The van der Waals surface area contributed by atoms with Crippen LogP contribution in [0.3, 0.4) is 0 Å². The van der Waals surface area contributed by atoms with Crippen molar-refractivity contribution in [1.29, 1.82) is 0 Å². The smallest absolute Gasteiger partial charge is 0.223 e. The van der Waals surface area contributed by atoms with E-state index in [1.165, 1.54) is 0 Å². The summed E-state index contributed by atoms with van der Waals surface area (Å²) >= 11 is 7.26. The van der Waals surface area contributed by atoms with Crippen LogP contribution in [0.25, 0.3) is 0 Å². The average Bonchev–Trinajstić information content (AvgIpc) is 3.16. The maximum absolute atomic E-state index is 12.0. The Morgan fingerprint density at radius 1 is 1.46 bits per heavy atom. The van der Waals surface area contributed by atoms with Gasteiger partial charge in [0, 0.05) is 48.4 Å². The number of carbonyl (C=O) groups excluding carboxylic acids is 1. The predicted molar refractivity (Wildman–Crippen MR) is 96.2 cm³/mol. The van der Waals surface area contributed by atoms with Gasteiger partial charge in [0.15, 0.2) is 5.13 Å². The third-order valence-electron chi connectivity index (χ3n) is 3.98. The fraction of sp³-hybridized carbons (Fsp3) is 0.500. The van der Waals surface area contributed by atoms with Gasteiger partial charge in [-0.1, -0.05) is 0 Å². The number of thiazole rings is 1. The number of anilines is 2. The summed E-state index contributed by atoms with van der Waals surface area (Å²) in [6, 6.07) is 1.96. The summed E-state index contributed by atoms with van der Waals surface area (Å²) in [7, 11) is 0. The van der Waals surface area contributed by atoms with Crippen molar-refractivity contribution < 1.29 is 4.79 Å². The number of aryl methyl sites for hydroxylation is 2. The Morgan fingerprint density at radius 2 is 2.29 bits per heavy atom. The highest BCUT2D eigenvalue weighted by molar-refractivity contribution is 7.15. The molecule has 1 unspecified atom stereocenters. The average molecular weight is 366 g/mol. The largest absolute Gasteiger partial charge is 0.342 e. The van der Waals surface area contributed by atoms with Crippen LogP contribution in [0.2, 0.25) is 0 Å². The number of nitrogens with one attached hydrogen (secondary N) is 1. The monoisotopic (exact) mass is 365 g/mol. The highest BCUT2D eigenvalue weighted by Crippen LogP contribution is 2.29. The SMILES string of the molecule is Cc1nc(Nc2ncc(C)s2)cc(C2CCN(C(=O)CCCl)C2)n1. The quantitative estimate of drug-likeness (QED) is 0.823. The molecule has 1 saturated heterocycles. The molecule has 0 spiro atoms. The molecule has 1 aliphatic heterocycles. The Kier molecular flexibility index (Phi) is 5.30. The summed E-state index contributed by atoms with van der Waals surface area (Å²) in [5.74, 6) is 2.19. The summed E-state index contributed by atoms with van der Waals surface area (Å²) in [4.78, 5) is 28.3. The number of rotatable bonds is 5. The number of nitrogens with zero attached hydrogens (tertiary/aromatic N) is 4. The normalized spacial score (nSPS) is 17.3. The molecule has 0 aliphatic carbocycles. The highest BCUT2D eigenvalue weighted by Gasteiger charge is 2.28. The van der Waals surface area contributed by atoms with E-state index < -0.39 is 0 Å². The van der Waals surface area contributed by atoms with E-state index >= 15 is 0 Å². The van der Waals surface area contributed by atoms with Crippen molar-refractivity contribution in [3.8, 4) is 0 Å². The van der Waals surface area contributed by atoms with Gasteiger partial charge in [0.1, 0.15) is 11.6 Å². The topological polar surface area (TPSA) is 71.0 Å². The first kappa shape index (κ1) is 17.1. The van der Waals surface area contributed by atoms with Crippen LogP contribution in [0.5, 0.6) is 0 Å². The first-order chi connectivity index (χ1) is 11.5. The van der Waals surface area contributed by atoms with Crippen molar-refractivity contribution in [2.24, 2.45) is 0 Å². The summed E-state index contributed by atoms with van der Waals surface area (Å²) < 4.78 is 0. The van der Waals surface area contributed by atoms with Gasteiger partial charge < -0.3 is 10.2 Å². The minimum absolute atomic E-state index is 0.120. The number of hydrogen-bond donors (Lipinski definition) is 1. The van der Waals surface area contributed by atoms with Gasteiger partial charge in [-0.15, -0.1) is 22.9 Å². The van der Waals surface area contributed by atoms with Crippen molar-refractivity contribution in [1.82, 2.24) is 19.9 Å². The van der Waals surface area contributed by atoms with Crippen LogP contribution in [-0.2, 0) is 4.79 Å². The van der Waals surface area contributed by atoms with E-state index in [0.29, 0.717) is 24.7 Å². The lowest BCUT2D eigenvalue weighted by molar-refractivity contribution is -0.129. The van der Waals surface area contributed by atoms with Crippen LogP contribution in [0, 0.1) is 13.8 Å². The van der Waals surface area contributed by atoms with E-state index in [4.69, 9.17) is 11.6 Å². The molecule has 2 aromatic rings. The molecule has 2 aromatic heterocycles. The molecule has 3 heterocycles. The van der Waals surface area contributed by atoms with Gasteiger partial charge in [-0.3, -0.25) is 4.79 Å². The number of aromatic nitrogens is 3. The van der Waals surface area contributed by atoms with Crippen LogP contribution in [0.4, 0.5) is 10.9 Å². The fourth-order valence-electron chi connectivity index (χ4n) is 2.85. The zero-order valence-electron chi connectivity index (χ0n) is 13.8. The summed E-state index contributed by atoms with van der Waals surface area (Å²) in [5.41, 5.74) is 0.972. The molecule has 1 atom stereocenters. The van der Waals surface area contributed by atoms with Crippen LogP contribution in [-0.4, -0.2) is 44.7 Å². The molecule has 0 saturated carbocycles. The van der Waals surface area contributed by atoms with Gasteiger partial charge in [0.05, 0.1) is 5.69 Å².